The Morgan fingerprint density at radius 1 is 0.926 bits per heavy atom. The van der Waals surface area contributed by atoms with Crippen molar-refractivity contribution in [3.05, 3.63) is 59.7 Å². The lowest BCUT2D eigenvalue weighted by molar-refractivity contribution is -0.117. The van der Waals surface area contributed by atoms with Crippen molar-refractivity contribution in [2.75, 3.05) is 16.8 Å². The molecule has 0 aliphatic heterocycles. The topological polar surface area (TPSA) is 66.5 Å². The van der Waals surface area contributed by atoms with Crippen LogP contribution < -0.4 is 10.2 Å². The van der Waals surface area contributed by atoms with Crippen molar-refractivity contribution in [3.63, 3.8) is 0 Å². The second kappa shape index (κ2) is 9.12. The number of anilines is 2. The fraction of sp³-hybridized carbons (Fsp3) is 0.318. The summed E-state index contributed by atoms with van der Waals surface area (Å²) in [5, 5.41) is 2.79. The second-order valence-corrected chi connectivity index (χ2v) is 6.85. The van der Waals surface area contributed by atoms with Crippen LogP contribution in [-0.4, -0.2) is 24.1 Å². The largest absolute Gasteiger partial charge is 0.326 e. The van der Waals surface area contributed by atoms with Gasteiger partial charge < -0.3 is 10.2 Å². The van der Waals surface area contributed by atoms with E-state index in [1.54, 1.807) is 29.2 Å². The molecular weight excluding hydrogens is 340 g/mol. The van der Waals surface area contributed by atoms with Crippen LogP contribution in [0.3, 0.4) is 0 Å². The first kappa shape index (κ1) is 20.4. The van der Waals surface area contributed by atoms with E-state index in [0.29, 0.717) is 23.7 Å². The molecule has 0 aromatic heterocycles. The Labute approximate surface area is 160 Å². The Bertz CT molecular complexity index is 808. The van der Waals surface area contributed by atoms with Gasteiger partial charge in [0.1, 0.15) is 0 Å². The molecule has 0 spiro atoms. The van der Waals surface area contributed by atoms with Crippen LogP contribution in [0.2, 0.25) is 0 Å². The van der Waals surface area contributed by atoms with E-state index in [0.717, 1.165) is 5.69 Å². The minimum Gasteiger partial charge on any atom is -0.326 e. The molecule has 0 atom stereocenters. The summed E-state index contributed by atoms with van der Waals surface area (Å²) in [6.45, 7) is 7.52. The summed E-state index contributed by atoms with van der Waals surface area (Å²) in [4.78, 5) is 37.1. The first-order valence-corrected chi connectivity index (χ1v) is 9.07. The lowest BCUT2D eigenvalue weighted by Gasteiger charge is -2.21. The number of carbonyl (C=O) groups is 3. The van der Waals surface area contributed by atoms with Crippen LogP contribution in [0.4, 0.5) is 11.4 Å². The van der Waals surface area contributed by atoms with Gasteiger partial charge in [0.25, 0.3) is 0 Å². The van der Waals surface area contributed by atoms with Gasteiger partial charge in [0.15, 0.2) is 5.78 Å². The van der Waals surface area contributed by atoms with E-state index in [1.165, 1.54) is 19.4 Å². The summed E-state index contributed by atoms with van der Waals surface area (Å²) < 4.78 is 0. The predicted octanol–water partition coefficient (Wildman–Crippen LogP) is 4.39. The van der Waals surface area contributed by atoms with Gasteiger partial charge >= 0.3 is 0 Å². The van der Waals surface area contributed by atoms with Crippen molar-refractivity contribution in [2.24, 2.45) is 0 Å². The molecule has 0 aliphatic carbocycles. The quantitative estimate of drug-likeness (QED) is 0.739. The van der Waals surface area contributed by atoms with Crippen molar-refractivity contribution in [1.82, 2.24) is 0 Å². The van der Waals surface area contributed by atoms with Gasteiger partial charge in [0.2, 0.25) is 11.8 Å². The Morgan fingerprint density at radius 2 is 1.52 bits per heavy atom. The first-order valence-electron chi connectivity index (χ1n) is 9.07. The monoisotopic (exact) mass is 366 g/mol. The van der Waals surface area contributed by atoms with Gasteiger partial charge in [-0.3, -0.25) is 14.4 Å². The number of nitrogens with one attached hydrogen (secondary N) is 1. The highest BCUT2D eigenvalue weighted by molar-refractivity contribution is 5.96. The molecule has 5 nitrogen and oxygen atoms in total. The molecule has 0 aliphatic rings. The van der Waals surface area contributed by atoms with Crippen molar-refractivity contribution < 1.29 is 14.4 Å². The molecule has 0 heterocycles. The number of amides is 2. The number of Topliss-reactive ketones (excluding diaryl/α,β-unsaturated/α-hetero) is 1. The highest BCUT2D eigenvalue weighted by atomic mass is 16.2. The summed E-state index contributed by atoms with van der Waals surface area (Å²) in [6, 6.07) is 14.6. The summed E-state index contributed by atoms with van der Waals surface area (Å²) >= 11 is 0. The average molecular weight is 366 g/mol. The van der Waals surface area contributed by atoms with Crippen LogP contribution in [0.15, 0.2) is 48.5 Å². The number of carbonyl (C=O) groups excluding carboxylic acids is 3. The Hall–Kier alpha value is -2.95. The fourth-order valence-corrected chi connectivity index (χ4v) is 2.73. The molecule has 2 rings (SSSR count). The third-order valence-electron chi connectivity index (χ3n) is 4.39. The van der Waals surface area contributed by atoms with E-state index in [9.17, 15) is 14.4 Å². The lowest BCUT2D eigenvalue weighted by atomic mass is 10.0. The van der Waals surface area contributed by atoms with Crippen molar-refractivity contribution in [2.45, 2.75) is 40.0 Å². The number of rotatable bonds is 7. The van der Waals surface area contributed by atoms with Gasteiger partial charge in [-0.05, 0) is 54.8 Å². The molecule has 0 saturated carbocycles. The van der Waals surface area contributed by atoms with Gasteiger partial charge in [0.05, 0.1) is 0 Å². The molecule has 27 heavy (non-hydrogen) atoms. The molecule has 5 heteroatoms. The zero-order valence-corrected chi connectivity index (χ0v) is 16.3. The highest BCUT2D eigenvalue weighted by Crippen LogP contribution is 2.20. The average Bonchev–Trinajstić information content (AvgIpc) is 2.62. The van der Waals surface area contributed by atoms with E-state index < -0.39 is 0 Å². The third kappa shape index (κ3) is 5.78. The van der Waals surface area contributed by atoms with E-state index >= 15 is 0 Å². The molecule has 2 aromatic rings. The molecule has 142 valence electrons. The fourth-order valence-electron chi connectivity index (χ4n) is 2.73. The molecule has 0 unspecified atom stereocenters. The van der Waals surface area contributed by atoms with Gasteiger partial charge in [-0.1, -0.05) is 26.0 Å². The van der Waals surface area contributed by atoms with Gasteiger partial charge in [-0.2, -0.15) is 0 Å². The van der Waals surface area contributed by atoms with Gasteiger partial charge in [0, 0.05) is 36.8 Å². The van der Waals surface area contributed by atoms with Crippen LogP contribution in [0, 0.1) is 0 Å². The molecule has 1 N–H and O–H groups in total. The smallest absolute Gasteiger partial charge is 0.226 e. The van der Waals surface area contributed by atoms with Crippen LogP contribution in [0.5, 0.6) is 0 Å². The first-order chi connectivity index (χ1) is 12.8. The molecule has 0 radical (unpaired) electrons. The van der Waals surface area contributed by atoms with E-state index in [4.69, 9.17) is 0 Å². The number of benzene rings is 2. The Morgan fingerprint density at radius 3 is 2.00 bits per heavy atom. The minimum atomic E-state index is -0.185. The number of hydrogen-bond donors (Lipinski definition) is 1. The molecule has 0 bridgehead atoms. The summed E-state index contributed by atoms with van der Waals surface area (Å²) in [7, 11) is 0. The van der Waals surface area contributed by atoms with Crippen LogP contribution in [-0.2, 0) is 9.59 Å². The van der Waals surface area contributed by atoms with Crippen LogP contribution in [0.25, 0.3) is 0 Å². The number of nitrogens with zero attached hydrogens (tertiary/aromatic N) is 1. The molecule has 0 fully saturated rings. The maximum Gasteiger partial charge on any atom is 0.226 e. The number of ketones is 1. The molecule has 2 aromatic carbocycles. The van der Waals surface area contributed by atoms with E-state index in [2.05, 4.69) is 19.2 Å². The molecule has 0 saturated heterocycles. The van der Waals surface area contributed by atoms with Gasteiger partial charge in [-0.15, -0.1) is 0 Å². The maximum absolute atomic E-state index is 12.2. The number of hydrogen-bond acceptors (Lipinski definition) is 3. The lowest BCUT2D eigenvalue weighted by Crippen LogP contribution is -2.31. The Kier molecular flexibility index (Phi) is 6.88. The molecular formula is C22H26N2O3. The summed E-state index contributed by atoms with van der Waals surface area (Å²) in [5.41, 5.74) is 3.21. The van der Waals surface area contributed by atoms with Crippen LogP contribution >= 0.6 is 0 Å². The Balaban J connectivity index is 1.97. The van der Waals surface area contributed by atoms with Gasteiger partial charge in [-0.25, -0.2) is 0 Å². The SMILES string of the molecule is CC(=O)c1ccc(NC(=O)CCN(C(C)=O)c2ccc(C(C)C)cc2)cc1. The van der Waals surface area contributed by atoms with E-state index in [1.807, 2.05) is 24.3 Å². The van der Waals surface area contributed by atoms with E-state index in [-0.39, 0.29) is 24.0 Å². The van der Waals surface area contributed by atoms with Crippen molar-refractivity contribution >= 4 is 29.0 Å². The second-order valence-electron chi connectivity index (χ2n) is 6.85. The molecule has 2 amide bonds. The zero-order valence-electron chi connectivity index (χ0n) is 16.3. The summed E-state index contributed by atoms with van der Waals surface area (Å²) in [5.74, 6) is 0.111. The maximum atomic E-state index is 12.2. The van der Waals surface area contributed by atoms with Crippen molar-refractivity contribution in [1.29, 1.82) is 0 Å². The van der Waals surface area contributed by atoms with Crippen molar-refractivity contribution in [3.8, 4) is 0 Å². The summed E-state index contributed by atoms with van der Waals surface area (Å²) in [6.07, 6.45) is 0.181. The predicted molar refractivity (Wildman–Crippen MR) is 108 cm³/mol. The standard InChI is InChI=1S/C22H26N2O3/c1-15(2)18-7-11-21(12-8-18)24(17(4)26)14-13-22(27)23-20-9-5-19(6-10-20)16(3)25/h5-12,15H,13-14H2,1-4H3,(H,23,27). The minimum absolute atomic E-state index is 0.0199. The normalized spacial score (nSPS) is 10.6. The zero-order chi connectivity index (χ0) is 20.0. The van der Waals surface area contributed by atoms with Crippen LogP contribution in [0.1, 0.15) is 56.0 Å². The highest BCUT2D eigenvalue weighted by Gasteiger charge is 2.14. The third-order valence-corrected chi connectivity index (χ3v) is 4.39.